The lowest BCUT2D eigenvalue weighted by atomic mass is 9.92. The van der Waals surface area contributed by atoms with E-state index in [4.69, 9.17) is 0 Å². The van der Waals surface area contributed by atoms with Gasteiger partial charge < -0.3 is 5.32 Å². The highest BCUT2D eigenvalue weighted by molar-refractivity contribution is 7.99. The van der Waals surface area contributed by atoms with Crippen LogP contribution in [-0.4, -0.2) is 24.1 Å². The quantitative estimate of drug-likeness (QED) is 0.887. The van der Waals surface area contributed by atoms with E-state index >= 15 is 0 Å². The number of hydrogen-bond donors (Lipinski definition) is 1. The summed E-state index contributed by atoms with van der Waals surface area (Å²) in [5.41, 5.74) is 1.51. The predicted octanol–water partition coefficient (Wildman–Crippen LogP) is 4.11. The summed E-state index contributed by atoms with van der Waals surface area (Å²) in [7, 11) is 0. The molecule has 106 valence electrons. The zero-order valence-corrected chi connectivity index (χ0v) is 13.0. The molecule has 2 aromatic carbocycles. The monoisotopic (exact) mass is 285 g/mol. The van der Waals surface area contributed by atoms with Crippen LogP contribution in [0.25, 0.3) is 10.8 Å². The summed E-state index contributed by atoms with van der Waals surface area (Å²) < 4.78 is 0. The third-order valence-electron chi connectivity index (χ3n) is 4.22. The Kier molecular flexibility index (Phi) is 4.64. The molecule has 1 fully saturated rings. The number of benzene rings is 2. The van der Waals surface area contributed by atoms with E-state index in [-0.39, 0.29) is 0 Å². The molecule has 0 bridgehead atoms. The van der Waals surface area contributed by atoms with Gasteiger partial charge in [-0.15, -0.1) is 0 Å². The van der Waals surface area contributed by atoms with Crippen LogP contribution >= 0.6 is 11.8 Å². The Bertz CT molecular complexity index is 561. The van der Waals surface area contributed by atoms with Crippen molar-refractivity contribution in [2.45, 2.75) is 25.8 Å². The molecule has 0 saturated carbocycles. The normalized spacial score (nSPS) is 22.4. The van der Waals surface area contributed by atoms with Crippen LogP contribution < -0.4 is 5.32 Å². The highest BCUT2D eigenvalue weighted by atomic mass is 32.2. The van der Waals surface area contributed by atoms with E-state index in [9.17, 15) is 0 Å². The smallest absolute Gasteiger partial charge is 0.0197 e. The first kappa shape index (κ1) is 14.0. The van der Waals surface area contributed by atoms with Crippen molar-refractivity contribution in [3.63, 3.8) is 0 Å². The van der Waals surface area contributed by atoms with Crippen LogP contribution in [0.3, 0.4) is 0 Å². The molecule has 2 heteroatoms. The van der Waals surface area contributed by atoms with E-state index in [1.807, 2.05) is 0 Å². The molecule has 20 heavy (non-hydrogen) atoms. The molecule has 0 radical (unpaired) electrons. The highest BCUT2D eigenvalue weighted by Crippen LogP contribution is 2.30. The van der Waals surface area contributed by atoms with Gasteiger partial charge in [-0.3, -0.25) is 0 Å². The lowest BCUT2D eigenvalue weighted by molar-refractivity contribution is 0.426. The van der Waals surface area contributed by atoms with Gasteiger partial charge in [0.15, 0.2) is 0 Å². The third kappa shape index (κ3) is 3.02. The van der Waals surface area contributed by atoms with Gasteiger partial charge in [0.25, 0.3) is 0 Å². The van der Waals surface area contributed by atoms with Gasteiger partial charge in [0.05, 0.1) is 0 Å². The van der Waals surface area contributed by atoms with Crippen LogP contribution in [0, 0.1) is 5.92 Å². The van der Waals surface area contributed by atoms with Crippen LogP contribution in [0.1, 0.15) is 18.9 Å². The van der Waals surface area contributed by atoms with E-state index in [0.29, 0.717) is 6.04 Å². The van der Waals surface area contributed by atoms with Crippen LogP contribution in [0.4, 0.5) is 0 Å². The van der Waals surface area contributed by atoms with E-state index in [0.717, 1.165) is 12.5 Å². The number of hydrogen-bond acceptors (Lipinski definition) is 2. The second-order valence-electron chi connectivity index (χ2n) is 5.70. The fourth-order valence-electron chi connectivity index (χ4n) is 3.11. The zero-order chi connectivity index (χ0) is 13.8. The molecule has 3 rings (SSSR count). The van der Waals surface area contributed by atoms with Gasteiger partial charge in [-0.2, -0.15) is 11.8 Å². The Balaban J connectivity index is 1.78. The number of rotatable bonds is 5. The van der Waals surface area contributed by atoms with E-state index in [1.165, 1.54) is 40.7 Å². The summed E-state index contributed by atoms with van der Waals surface area (Å²) in [4.78, 5) is 0. The third-order valence-corrected chi connectivity index (χ3v) is 5.48. The highest BCUT2D eigenvalue weighted by Gasteiger charge is 2.27. The number of fused-ring (bicyclic) bond motifs is 1. The summed E-state index contributed by atoms with van der Waals surface area (Å²) in [6, 6.07) is 16.2. The van der Waals surface area contributed by atoms with Crippen molar-refractivity contribution in [3.8, 4) is 0 Å². The fourth-order valence-corrected chi connectivity index (χ4v) is 4.54. The molecule has 0 amide bonds. The molecular formula is C18H23NS. The molecule has 1 heterocycles. The molecule has 0 spiro atoms. The van der Waals surface area contributed by atoms with Crippen molar-refractivity contribution in [2.24, 2.45) is 5.92 Å². The van der Waals surface area contributed by atoms with Crippen molar-refractivity contribution in [1.29, 1.82) is 0 Å². The van der Waals surface area contributed by atoms with E-state index in [2.05, 4.69) is 66.5 Å². The minimum atomic E-state index is 0.693. The molecule has 1 aliphatic heterocycles. The Labute approximate surface area is 126 Å². The number of thioether (sulfide) groups is 1. The molecular weight excluding hydrogens is 262 g/mol. The Morgan fingerprint density at radius 2 is 1.95 bits per heavy atom. The topological polar surface area (TPSA) is 12.0 Å². The lowest BCUT2D eigenvalue weighted by Crippen LogP contribution is -2.36. The van der Waals surface area contributed by atoms with Gasteiger partial charge >= 0.3 is 0 Å². The minimum Gasteiger partial charge on any atom is -0.313 e. The molecule has 0 aromatic heterocycles. The maximum atomic E-state index is 3.73. The van der Waals surface area contributed by atoms with Crippen LogP contribution in [0.2, 0.25) is 0 Å². The molecule has 1 saturated heterocycles. The molecule has 1 aliphatic rings. The summed E-state index contributed by atoms with van der Waals surface area (Å²) >= 11 is 2.10. The van der Waals surface area contributed by atoms with Crippen molar-refractivity contribution >= 4 is 22.5 Å². The number of nitrogens with one attached hydrogen (secondary N) is 1. The largest absolute Gasteiger partial charge is 0.313 e. The Morgan fingerprint density at radius 3 is 2.85 bits per heavy atom. The van der Waals surface area contributed by atoms with Crippen molar-refractivity contribution in [2.75, 3.05) is 18.1 Å². The fraction of sp³-hybridized carbons (Fsp3) is 0.444. The second kappa shape index (κ2) is 6.64. The lowest BCUT2D eigenvalue weighted by Gasteiger charge is -2.20. The standard InChI is InChI=1S/C18H23NS/c1-2-10-19-18-13-20-12-16(18)11-15-8-5-7-14-6-3-4-9-17(14)15/h3-9,16,18-19H,2,10-13H2,1H3. The maximum absolute atomic E-state index is 3.73. The summed E-state index contributed by atoms with van der Waals surface area (Å²) in [5.74, 6) is 3.34. The van der Waals surface area contributed by atoms with Gasteiger partial charge in [-0.05, 0) is 47.4 Å². The summed E-state index contributed by atoms with van der Waals surface area (Å²) in [5, 5.41) is 6.53. The minimum absolute atomic E-state index is 0.693. The molecule has 1 nitrogen and oxygen atoms in total. The molecule has 2 unspecified atom stereocenters. The van der Waals surface area contributed by atoms with Gasteiger partial charge in [0.2, 0.25) is 0 Å². The van der Waals surface area contributed by atoms with Gasteiger partial charge in [-0.25, -0.2) is 0 Å². The average Bonchev–Trinajstić information content (AvgIpc) is 2.93. The van der Waals surface area contributed by atoms with E-state index < -0.39 is 0 Å². The van der Waals surface area contributed by atoms with Gasteiger partial charge in [0, 0.05) is 11.8 Å². The van der Waals surface area contributed by atoms with Crippen LogP contribution in [-0.2, 0) is 6.42 Å². The molecule has 2 aromatic rings. The van der Waals surface area contributed by atoms with Crippen LogP contribution in [0.5, 0.6) is 0 Å². The first-order chi connectivity index (χ1) is 9.88. The molecule has 1 N–H and O–H groups in total. The van der Waals surface area contributed by atoms with Crippen LogP contribution in [0.15, 0.2) is 42.5 Å². The Hall–Kier alpha value is -0.990. The summed E-state index contributed by atoms with van der Waals surface area (Å²) in [6.45, 7) is 3.39. The van der Waals surface area contributed by atoms with Crippen molar-refractivity contribution in [3.05, 3.63) is 48.0 Å². The average molecular weight is 285 g/mol. The first-order valence-electron chi connectivity index (χ1n) is 7.66. The van der Waals surface area contributed by atoms with E-state index in [1.54, 1.807) is 0 Å². The zero-order valence-electron chi connectivity index (χ0n) is 12.1. The van der Waals surface area contributed by atoms with Gasteiger partial charge in [-0.1, -0.05) is 49.4 Å². The first-order valence-corrected chi connectivity index (χ1v) is 8.81. The molecule has 2 atom stereocenters. The van der Waals surface area contributed by atoms with Crippen molar-refractivity contribution < 1.29 is 0 Å². The molecule has 0 aliphatic carbocycles. The maximum Gasteiger partial charge on any atom is 0.0197 e. The summed E-state index contributed by atoms with van der Waals surface area (Å²) in [6.07, 6.45) is 2.43. The van der Waals surface area contributed by atoms with Gasteiger partial charge in [0.1, 0.15) is 0 Å². The Morgan fingerprint density at radius 1 is 1.10 bits per heavy atom. The SMILES string of the molecule is CCCNC1CSCC1Cc1cccc2ccccc12. The predicted molar refractivity (Wildman–Crippen MR) is 90.5 cm³/mol. The second-order valence-corrected chi connectivity index (χ2v) is 6.78. The van der Waals surface area contributed by atoms with Crippen molar-refractivity contribution in [1.82, 2.24) is 5.32 Å².